The van der Waals surface area contributed by atoms with E-state index in [2.05, 4.69) is 55.1 Å². The van der Waals surface area contributed by atoms with E-state index in [9.17, 15) is 4.79 Å². The van der Waals surface area contributed by atoms with Crippen LogP contribution in [0, 0.1) is 11.8 Å². The quantitative estimate of drug-likeness (QED) is 0.841. The molecule has 1 saturated heterocycles. The van der Waals surface area contributed by atoms with Gasteiger partial charge in [0, 0.05) is 31.4 Å². The van der Waals surface area contributed by atoms with Crippen molar-refractivity contribution in [3.8, 4) is 0 Å². The molecule has 0 aliphatic carbocycles. The van der Waals surface area contributed by atoms with Gasteiger partial charge in [0.05, 0.1) is 5.56 Å². The van der Waals surface area contributed by atoms with Gasteiger partial charge in [-0.1, -0.05) is 13.8 Å². The topological polar surface area (TPSA) is 57.3 Å². The maximum absolute atomic E-state index is 12.3. The van der Waals surface area contributed by atoms with Gasteiger partial charge in [0.15, 0.2) is 0 Å². The van der Waals surface area contributed by atoms with Gasteiger partial charge in [0.2, 0.25) is 0 Å². The largest absolute Gasteiger partial charge is 0.365 e. The third-order valence-corrected chi connectivity index (χ3v) is 4.07. The maximum Gasteiger partial charge on any atom is 0.252 e. The van der Waals surface area contributed by atoms with Crippen LogP contribution in [0.2, 0.25) is 0 Å². The first-order valence-corrected chi connectivity index (χ1v) is 8.98. The number of carbonyl (C=O) groups excluding carboxylic acids is 1. The monoisotopic (exact) mass is 332 g/mol. The summed E-state index contributed by atoms with van der Waals surface area (Å²) in [5, 5.41) is 6.35. The van der Waals surface area contributed by atoms with Crippen LogP contribution in [0.4, 0.5) is 5.82 Å². The van der Waals surface area contributed by atoms with E-state index in [0.29, 0.717) is 17.4 Å². The summed E-state index contributed by atoms with van der Waals surface area (Å²) in [5.41, 5.74) is 0.577. The summed E-state index contributed by atoms with van der Waals surface area (Å²) >= 11 is 0. The molecule has 1 amide bonds. The lowest BCUT2D eigenvalue weighted by Gasteiger charge is -2.21. The minimum Gasteiger partial charge on any atom is -0.365 e. The SMILES string of the molecule is CC(C)CN1CCC(CNC(=O)c2ccc(NC(C)(C)C)nc2)C1. The number of nitrogens with one attached hydrogen (secondary N) is 2. The van der Waals surface area contributed by atoms with Crippen molar-refractivity contribution < 1.29 is 4.79 Å². The van der Waals surface area contributed by atoms with E-state index < -0.39 is 0 Å². The highest BCUT2D eigenvalue weighted by Gasteiger charge is 2.23. The van der Waals surface area contributed by atoms with E-state index in [4.69, 9.17) is 0 Å². The molecule has 5 nitrogen and oxygen atoms in total. The molecule has 1 aliphatic heterocycles. The van der Waals surface area contributed by atoms with Crippen LogP contribution in [0.25, 0.3) is 0 Å². The number of hydrogen-bond acceptors (Lipinski definition) is 4. The van der Waals surface area contributed by atoms with E-state index in [1.165, 1.54) is 6.42 Å². The Morgan fingerprint density at radius 3 is 2.71 bits per heavy atom. The standard InChI is InChI=1S/C19H32N4O/c1-14(2)12-23-9-8-15(13-23)10-21-18(24)16-6-7-17(20-11-16)22-19(3,4)5/h6-7,11,14-15H,8-10,12-13H2,1-5H3,(H,20,22)(H,21,24). The van der Waals surface area contributed by atoms with E-state index in [0.717, 1.165) is 32.0 Å². The Morgan fingerprint density at radius 1 is 1.38 bits per heavy atom. The molecular formula is C19H32N4O. The van der Waals surface area contributed by atoms with Gasteiger partial charge in [-0.3, -0.25) is 4.79 Å². The second kappa shape index (κ2) is 7.97. The predicted octanol–water partition coefficient (Wildman–Crippen LogP) is 3.00. The van der Waals surface area contributed by atoms with Crippen molar-refractivity contribution in [2.45, 2.75) is 46.6 Å². The van der Waals surface area contributed by atoms with Crippen molar-refractivity contribution in [3.63, 3.8) is 0 Å². The molecule has 1 aliphatic rings. The van der Waals surface area contributed by atoms with Crippen molar-refractivity contribution in [2.24, 2.45) is 11.8 Å². The minimum atomic E-state index is -0.0406. The molecule has 0 spiro atoms. The fourth-order valence-corrected chi connectivity index (χ4v) is 3.09. The molecule has 1 unspecified atom stereocenters. The molecule has 1 atom stereocenters. The Hall–Kier alpha value is -1.62. The average Bonchev–Trinajstić information content (AvgIpc) is 2.90. The number of rotatable bonds is 6. The van der Waals surface area contributed by atoms with Gasteiger partial charge in [-0.05, 0) is 57.7 Å². The first kappa shape index (κ1) is 18.7. The molecule has 0 aromatic carbocycles. The highest BCUT2D eigenvalue weighted by molar-refractivity contribution is 5.94. The molecule has 0 saturated carbocycles. The van der Waals surface area contributed by atoms with Gasteiger partial charge in [-0.15, -0.1) is 0 Å². The molecule has 2 rings (SSSR count). The van der Waals surface area contributed by atoms with Crippen LogP contribution in [-0.2, 0) is 0 Å². The number of amides is 1. The summed E-state index contributed by atoms with van der Waals surface area (Å²) in [6.45, 7) is 14.9. The van der Waals surface area contributed by atoms with Crippen LogP contribution in [0.3, 0.4) is 0 Å². The molecule has 1 fully saturated rings. The van der Waals surface area contributed by atoms with Crippen LogP contribution in [-0.4, -0.2) is 47.5 Å². The van der Waals surface area contributed by atoms with Crippen molar-refractivity contribution in [1.82, 2.24) is 15.2 Å². The van der Waals surface area contributed by atoms with Crippen molar-refractivity contribution in [3.05, 3.63) is 23.9 Å². The lowest BCUT2D eigenvalue weighted by Crippen LogP contribution is -2.32. The zero-order valence-corrected chi connectivity index (χ0v) is 15.7. The molecule has 0 radical (unpaired) electrons. The van der Waals surface area contributed by atoms with Crippen LogP contribution >= 0.6 is 0 Å². The zero-order valence-electron chi connectivity index (χ0n) is 15.7. The molecule has 24 heavy (non-hydrogen) atoms. The van der Waals surface area contributed by atoms with Crippen LogP contribution in [0.1, 0.15) is 51.4 Å². The van der Waals surface area contributed by atoms with Crippen LogP contribution in [0.15, 0.2) is 18.3 Å². The van der Waals surface area contributed by atoms with Gasteiger partial charge in [-0.25, -0.2) is 4.98 Å². The highest BCUT2D eigenvalue weighted by Crippen LogP contribution is 2.17. The lowest BCUT2D eigenvalue weighted by molar-refractivity contribution is 0.0947. The maximum atomic E-state index is 12.3. The van der Waals surface area contributed by atoms with Crippen LogP contribution < -0.4 is 10.6 Å². The number of carbonyl (C=O) groups is 1. The Labute approximate surface area is 146 Å². The summed E-state index contributed by atoms with van der Waals surface area (Å²) in [7, 11) is 0. The first-order chi connectivity index (χ1) is 11.2. The van der Waals surface area contributed by atoms with Gasteiger partial charge in [0.25, 0.3) is 5.91 Å². The van der Waals surface area contributed by atoms with Crippen molar-refractivity contribution in [1.29, 1.82) is 0 Å². The average molecular weight is 332 g/mol. The molecule has 5 heteroatoms. The Kier molecular flexibility index (Phi) is 6.21. The Morgan fingerprint density at radius 2 is 2.12 bits per heavy atom. The van der Waals surface area contributed by atoms with Gasteiger partial charge in [-0.2, -0.15) is 0 Å². The van der Waals surface area contributed by atoms with Gasteiger partial charge < -0.3 is 15.5 Å². The van der Waals surface area contributed by atoms with Gasteiger partial charge in [0.1, 0.15) is 5.82 Å². The summed E-state index contributed by atoms with van der Waals surface area (Å²) in [6.07, 6.45) is 2.81. The predicted molar refractivity (Wildman–Crippen MR) is 99.3 cm³/mol. The number of hydrogen-bond donors (Lipinski definition) is 2. The Balaban J connectivity index is 1.79. The summed E-state index contributed by atoms with van der Waals surface area (Å²) < 4.78 is 0. The second-order valence-electron chi connectivity index (χ2n) is 8.33. The fraction of sp³-hybridized carbons (Fsp3) is 0.684. The number of aromatic nitrogens is 1. The Bertz CT molecular complexity index is 533. The van der Waals surface area contributed by atoms with Crippen molar-refractivity contribution >= 4 is 11.7 Å². The molecule has 2 heterocycles. The summed E-state index contributed by atoms with van der Waals surface area (Å²) in [6, 6.07) is 3.69. The zero-order chi connectivity index (χ0) is 17.7. The lowest BCUT2D eigenvalue weighted by atomic mass is 10.1. The summed E-state index contributed by atoms with van der Waals surface area (Å²) in [4.78, 5) is 19.1. The number of nitrogens with zero attached hydrogens (tertiary/aromatic N) is 2. The molecule has 1 aromatic heterocycles. The normalized spacial score (nSPS) is 18.8. The first-order valence-electron chi connectivity index (χ1n) is 8.98. The molecule has 2 N–H and O–H groups in total. The third kappa shape index (κ3) is 6.11. The van der Waals surface area contributed by atoms with Crippen LogP contribution in [0.5, 0.6) is 0 Å². The summed E-state index contributed by atoms with van der Waals surface area (Å²) in [5.74, 6) is 2.01. The van der Waals surface area contributed by atoms with E-state index in [1.54, 1.807) is 6.20 Å². The molecule has 134 valence electrons. The third-order valence-electron chi connectivity index (χ3n) is 4.07. The highest BCUT2D eigenvalue weighted by atomic mass is 16.1. The minimum absolute atomic E-state index is 0.0351. The van der Waals surface area contributed by atoms with E-state index in [-0.39, 0.29) is 11.4 Å². The number of anilines is 1. The second-order valence-corrected chi connectivity index (χ2v) is 8.33. The van der Waals surface area contributed by atoms with Crippen molar-refractivity contribution in [2.75, 3.05) is 31.5 Å². The molecule has 0 bridgehead atoms. The number of likely N-dealkylation sites (tertiary alicyclic amines) is 1. The van der Waals surface area contributed by atoms with E-state index in [1.807, 2.05) is 12.1 Å². The molecule has 1 aromatic rings. The van der Waals surface area contributed by atoms with E-state index >= 15 is 0 Å². The smallest absolute Gasteiger partial charge is 0.252 e. The van der Waals surface area contributed by atoms with Gasteiger partial charge >= 0.3 is 0 Å². The number of pyridine rings is 1. The molecular weight excluding hydrogens is 300 g/mol. The fourth-order valence-electron chi connectivity index (χ4n) is 3.09.